The van der Waals surface area contributed by atoms with E-state index in [1.54, 1.807) is 34.8 Å². The number of benzene rings is 2. The molecule has 34 heavy (non-hydrogen) atoms. The van der Waals surface area contributed by atoms with Crippen LogP contribution in [0.4, 0.5) is 5.69 Å². The predicted molar refractivity (Wildman–Crippen MR) is 135 cm³/mol. The molecule has 2 aliphatic rings. The first-order valence-electron chi connectivity index (χ1n) is 11.5. The van der Waals surface area contributed by atoms with Crippen molar-refractivity contribution >= 4 is 27.3 Å². The Kier molecular flexibility index (Phi) is 6.22. The number of rotatable bonds is 6. The topological polar surface area (TPSA) is 75.5 Å². The minimum absolute atomic E-state index is 0.201. The molecule has 3 aromatic rings. The molecule has 1 saturated carbocycles. The first-order valence-corrected chi connectivity index (χ1v) is 13.4. The largest absolute Gasteiger partial charge is 0.367 e. The molecular weight excluding hydrogens is 472 g/mol. The van der Waals surface area contributed by atoms with Crippen molar-refractivity contribution in [1.29, 1.82) is 0 Å². The maximum atomic E-state index is 13.7. The van der Waals surface area contributed by atoms with Crippen LogP contribution in [-0.2, 0) is 16.4 Å². The molecule has 1 aromatic heterocycles. The number of aryl methyl sites for hydroxylation is 1. The Balaban J connectivity index is 1.49. The number of hydrogen-bond donors (Lipinski definition) is 0. The lowest BCUT2D eigenvalue weighted by Gasteiger charge is -2.36. The highest BCUT2D eigenvalue weighted by atomic mass is 35.5. The van der Waals surface area contributed by atoms with Gasteiger partial charge in [-0.25, -0.2) is 8.42 Å². The SMILES string of the molecule is Cc1ccc(Cc2c(N3CCN(S(=O)(=O)C4CC4)CC3)cnn(-c3cccc(Cl)c3)c2=O)cc1. The predicted octanol–water partition coefficient (Wildman–Crippen LogP) is 3.40. The standard InChI is InChI=1S/C25H27ClN4O3S/c1-18-5-7-19(8-6-18)15-23-24(17-27-30(25(23)31)21-4-2-3-20(26)16-21)28-11-13-29(14-12-28)34(32,33)22-9-10-22/h2-8,16-17,22H,9-15H2,1H3. The average Bonchev–Trinajstić information content (AvgIpc) is 3.68. The molecule has 5 rings (SSSR count). The van der Waals surface area contributed by atoms with Gasteiger partial charge in [-0.3, -0.25) is 4.79 Å². The Morgan fingerprint density at radius 2 is 1.74 bits per heavy atom. The zero-order valence-corrected chi connectivity index (χ0v) is 20.6. The van der Waals surface area contributed by atoms with E-state index in [0.717, 1.165) is 29.7 Å². The van der Waals surface area contributed by atoms with E-state index in [4.69, 9.17) is 11.6 Å². The van der Waals surface area contributed by atoms with Gasteiger partial charge in [-0.15, -0.1) is 0 Å². The number of hydrogen-bond acceptors (Lipinski definition) is 5. The van der Waals surface area contributed by atoms with E-state index in [2.05, 4.69) is 10.00 Å². The quantitative estimate of drug-likeness (QED) is 0.520. The number of aromatic nitrogens is 2. The van der Waals surface area contributed by atoms with Gasteiger partial charge in [-0.2, -0.15) is 14.1 Å². The van der Waals surface area contributed by atoms with Crippen LogP contribution in [0.2, 0.25) is 5.02 Å². The Bertz CT molecular complexity index is 1360. The summed E-state index contributed by atoms with van der Waals surface area (Å²) in [6.07, 6.45) is 3.69. The molecule has 178 valence electrons. The van der Waals surface area contributed by atoms with Crippen LogP contribution in [0.25, 0.3) is 5.69 Å². The Morgan fingerprint density at radius 1 is 1.03 bits per heavy atom. The zero-order chi connectivity index (χ0) is 23.9. The van der Waals surface area contributed by atoms with Gasteiger partial charge in [0.05, 0.1) is 22.8 Å². The number of halogens is 1. The molecule has 0 N–H and O–H groups in total. The maximum absolute atomic E-state index is 13.7. The maximum Gasteiger partial charge on any atom is 0.277 e. The minimum atomic E-state index is -3.20. The van der Waals surface area contributed by atoms with Crippen molar-refractivity contribution in [2.45, 2.75) is 31.4 Å². The molecule has 1 saturated heterocycles. The summed E-state index contributed by atoms with van der Waals surface area (Å²) in [6.45, 7) is 3.91. The Morgan fingerprint density at radius 3 is 2.38 bits per heavy atom. The summed E-state index contributed by atoms with van der Waals surface area (Å²) < 4.78 is 28.3. The van der Waals surface area contributed by atoms with E-state index in [9.17, 15) is 13.2 Å². The molecule has 0 atom stereocenters. The van der Waals surface area contributed by atoms with Crippen molar-refractivity contribution in [3.05, 3.63) is 86.8 Å². The summed E-state index contributed by atoms with van der Waals surface area (Å²) >= 11 is 6.16. The van der Waals surface area contributed by atoms with Gasteiger partial charge in [0.25, 0.3) is 5.56 Å². The molecule has 7 nitrogen and oxygen atoms in total. The van der Waals surface area contributed by atoms with Crippen molar-refractivity contribution in [1.82, 2.24) is 14.1 Å². The monoisotopic (exact) mass is 498 g/mol. The Hall–Kier alpha value is -2.68. The second-order valence-corrected chi connectivity index (χ2v) is 11.6. The molecular formula is C25H27ClN4O3S. The van der Waals surface area contributed by atoms with Crippen molar-refractivity contribution < 1.29 is 8.42 Å². The van der Waals surface area contributed by atoms with Gasteiger partial charge in [-0.1, -0.05) is 47.5 Å². The summed E-state index contributed by atoms with van der Waals surface area (Å²) in [6, 6.07) is 15.2. The van der Waals surface area contributed by atoms with Gasteiger partial charge in [0.15, 0.2) is 0 Å². The fourth-order valence-electron chi connectivity index (χ4n) is 4.38. The van der Waals surface area contributed by atoms with Gasteiger partial charge < -0.3 is 4.90 Å². The third kappa shape index (κ3) is 4.62. The van der Waals surface area contributed by atoms with E-state index in [-0.39, 0.29) is 10.8 Å². The van der Waals surface area contributed by atoms with Gasteiger partial charge >= 0.3 is 0 Å². The van der Waals surface area contributed by atoms with Crippen LogP contribution < -0.4 is 10.5 Å². The zero-order valence-electron chi connectivity index (χ0n) is 19.0. The number of anilines is 1. The smallest absolute Gasteiger partial charge is 0.277 e. The molecule has 0 bridgehead atoms. The van der Waals surface area contributed by atoms with E-state index >= 15 is 0 Å². The first-order chi connectivity index (χ1) is 16.3. The van der Waals surface area contributed by atoms with E-state index < -0.39 is 10.0 Å². The van der Waals surface area contributed by atoms with Crippen molar-refractivity contribution in [2.24, 2.45) is 0 Å². The third-order valence-electron chi connectivity index (χ3n) is 6.49. The third-order valence-corrected chi connectivity index (χ3v) is 9.13. The number of sulfonamides is 1. The van der Waals surface area contributed by atoms with Crippen LogP contribution in [0.5, 0.6) is 0 Å². The molecule has 0 radical (unpaired) electrons. The first kappa shape index (κ1) is 23.1. The fourth-order valence-corrected chi connectivity index (χ4v) is 6.39. The van der Waals surface area contributed by atoms with E-state index in [1.165, 1.54) is 4.68 Å². The summed E-state index contributed by atoms with van der Waals surface area (Å²) in [5.41, 5.74) is 3.98. The molecule has 0 spiro atoms. The van der Waals surface area contributed by atoms with Gasteiger partial charge in [-0.05, 0) is 43.5 Å². The summed E-state index contributed by atoms with van der Waals surface area (Å²) in [5.74, 6) is 0. The summed E-state index contributed by atoms with van der Waals surface area (Å²) in [7, 11) is -3.20. The molecule has 9 heteroatoms. The van der Waals surface area contributed by atoms with Crippen LogP contribution in [-0.4, -0.2) is 53.9 Å². The van der Waals surface area contributed by atoms with Crippen LogP contribution in [0.1, 0.15) is 29.5 Å². The molecule has 0 amide bonds. The van der Waals surface area contributed by atoms with E-state index in [0.29, 0.717) is 48.9 Å². The van der Waals surface area contributed by atoms with Gasteiger partial charge in [0.2, 0.25) is 10.0 Å². The van der Waals surface area contributed by atoms with Crippen molar-refractivity contribution in [3.8, 4) is 5.69 Å². The average molecular weight is 499 g/mol. The molecule has 0 unspecified atom stereocenters. The second-order valence-electron chi connectivity index (χ2n) is 9.00. The van der Waals surface area contributed by atoms with E-state index in [1.807, 2.05) is 31.2 Å². The van der Waals surface area contributed by atoms with Crippen LogP contribution in [0.15, 0.2) is 59.5 Å². The Labute approximate surface area is 204 Å². The van der Waals surface area contributed by atoms with Crippen molar-refractivity contribution in [2.75, 3.05) is 31.1 Å². The molecule has 1 aliphatic carbocycles. The van der Waals surface area contributed by atoms with Gasteiger partial charge in [0.1, 0.15) is 0 Å². The highest BCUT2D eigenvalue weighted by Gasteiger charge is 2.41. The lowest BCUT2D eigenvalue weighted by Crippen LogP contribution is -2.50. The van der Waals surface area contributed by atoms with Gasteiger partial charge in [0, 0.05) is 43.2 Å². The normalized spacial score (nSPS) is 17.2. The highest BCUT2D eigenvalue weighted by Crippen LogP contribution is 2.32. The number of piperazine rings is 1. The van der Waals surface area contributed by atoms with Crippen LogP contribution in [0, 0.1) is 6.92 Å². The molecule has 2 heterocycles. The second kappa shape index (κ2) is 9.17. The summed E-state index contributed by atoms with van der Waals surface area (Å²) in [5, 5.41) is 4.78. The molecule has 2 fully saturated rings. The van der Waals surface area contributed by atoms with Crippen LogP contribution >= 0.6 is 11.6 Å². The highest BCUT2D eigenvalue weighted by molar-refractivity contribution is 7.90. The number of nitrogens with zero attached hydrogens (tertiary/aromatic N) is 4. The molecule has 1 aliphatic heterocycles. The van der Waals surface area contributed by atoms with Crippen molar-refractivity contribution in [3.63, 3.8) is 0 Å². The summed E-state index contributed by atoms with van der Waals surface area (Å²) in [4.78, 5) is 15.7. The molecule has 2 aromatic carbocycles. The van der Waals surface area contributed by atoms with Crippen LogP contribution in [0.3, 0.4) is 0 Å². The fraction of sp³-hybridized carbons (Fsp3) is 0.360. The lowest BCUT2D eigenvalue weighted by molar-refractivity contribution is 0.383. The minimum Gasteiger partial charge on any atom is -0.367 e. The lowest BCUT2D eigenvalue weighted by atomic mass is 10.0.